The van der Waals surface area contributed by atoms with E-state index in [1.165, 1.54) is 34.9 Å². The van der Waals surface area contributed by atoms with Crippen molar-refractivity contribution in [3.63, 3.8) is 0 Å². The molecule has 12 heteroatoms. The molecule has 3 aromatic rings. The highest BCUT2D eigenvalue weighted by molar-refractivity contribution is 5.96. The largest absolute Gasteiger partial charge is 0.476 e. The quantitative estimate of drug-likeness (QED) is 0.517. The zero-order valence-corrected chi connectivity index (χ0v) is 20.5. The zero-order chi connectivity index (χ0) is 27.9. The predicted molar refractivity (Wildman–Crippen MR) is 133 cm³/mol. The smallest absolute Gasteiger partial charge is 0.417 e. The molecule has 4 rings (SSSR count). The van der Waals surface area contributed by atoms with E-state index in [0.29, 0.717) is 11.3 Å². The number of primary amides is 1. The van der Waals surface area contributed by atoms with Crippen LogP contribution in [0.3, 0.4) is 0 Å². The van der Waals surface area contributed by atoms with Crippen LogP contribution in [0.25, 0.3) is 0 Å². The van der Waals surface area contributed by atoms with Crippen LogP contribution < -0.4 is 10.6 Å². The lowest BCUT2D eigenvalue weighted by molar-refractivity contribution is -0.138. The molecule has 200 valence electrons. The number of hydrogen-bond donors (Lipinski definition) is 2. The highest BCUT2D eigenvalue weighted by atomic mass is 19.4. The van der Waals surface area contributed by atoms with Gasteiger partial charge < -0.3 is 20.6 Å². The normalized spacial score (nSPS) is 13.4. The second-order valence-corrected chi connectivity index (χ2v) is 8.31. The molecule has 0 radical (unpaired) electrons. The summed E-state index contributed by atoms with van der Waals surface area (Å²) in [6.07, 6.45) is -2.27. The Hall–Kier alpha value is -4.48. The molecular formula is C26H26F3N5O4. The first-order valence-electron chi connectivity index (χ1n) is 11.7. The first-order chi connectivity index (χ1) is 18.0. The van der Waals surface area contributed by atoms with E-state index in [-0.39, 0.29) is 37.8 Å². The van der Waals surface area contributed by atoms with Gasteiger partial charge in [-0.2, -0.15) is 18.3 Å². The lowest BCUT2D eigenvalue weighted by atomic mass is 10.1. The Labute approximate surface area is 216 Å². The van der Waals surface area contributed by atoms with E-state index >= 15 is 0 Å². The number of hydrogen-bond acceptors (Lipinski definition) is 6. The topological polar surface area (TPSA) is 130 Å². The Bertz CT molecular complexity index is 1290. The maximum absolute atomic E-state index is 13.1. The summed E-state index contributed by atoms with van der Waals surface area (Å²) in [5.74, 6) is -2.29. The third kappa shape index (κ3) is 6.84. The molecule has 0 aliphatic carbocycles. The molecule has 1 aliphatic heterocycles. The van der Waals surface area contributed by atoms with Gasteiger partial charge in [0.25, 0.3) is 5.91 Å². The molecule has 38 heavy (non-hydrogen) atoms. The highest BCUT2D eigenvalue weighted by Crippen LogP contribution is 2.32. The van der Waals surface area contributed by atoms with Gasteiger partial charge in [0.05, 0.1) is 23.0 Å². The molecule has 0 atom stereocenters. The second kappa shape index (κ2) is 12.2. The summed E-state index contributed by atoms with van der Waals surface area (Å²) in [6.45, 7) is 2.93. The number of piperazine rings is 1. The summed E-state index contributed by atoms with van der Waals surface area (Å²) in [5.41, 5.74) is 5.65. The monoisotopic (exact) mass is 529 g/mol. The van der Waals surface area contributed by atoms with Gasteiger partial charge in [0.2, 0.25) is 5.91 Å². The highest BCUT2D eigenvalue weighted by Gasteiger charge is 2.36. The average molecular weight is 530 g/mol. The molecule has 0 spiro atoms. The molecular weight excluding hydrogens is 503 g/mol. The van der Waals surface area contributed by atoms with E-state index in [4.69, 9.17) is 5.73 Å². The van der Waals surface area contributed by atoms with E-state index in [0.717, 1.165) is 18.6 Å². The number of aryl methyl sites for hydroxylation is 1. The van der Waals surface area contributed by atoms with Crippen LogP contribution in [-0.4, -0.2) is 64.2 Å². The minimum Gasteiger partial charge on any atom is -0.476 e. The number of amides is 2. The predicted octanol–water partition coefficient (Wildman–Crippen LogP) is 3.50. The van der Waals surface area contributed by atoms with Gasteiger partial charge in [-0.05, 0) is 42.3 Å². The summed E-state index contributed by atoms with van der Waals surface area (Å²) in [5, 5.41) is 16.3. The van der Waals surface area contributed by atoms with Crippen LogP contribution >= 0.6 is 0 Å². The van der Waals surface area contributed by atoms with Crippen LogP contribution in [0.2, 0.25) is 0 Å². The van der Waals surface area contributed by atoms with Gasteiger partial charge in [0, 0.05) is 31.7 Å². The maximum atomic E-state index is 13.1. The zero-order valence-electron chi connectivity index (χ0n) is 20.5. The number of nitrogens with zero attached hydrogens (tertiary/aromatic N) is 4. The van der Waals surface area contributed by atoms with Crippen LogP contribution in [0.1, 0.15) is 49.3 Å². The van der Waals surface area contributed by atoms with Crippen molar-refractivity contribution in [2.24, 2.45) is 5.73 Å². The van der Waals surface area contributed by atoms with Crippen molar-refractivity contribution in [1.29, 1.82) is 0 Å². The molecule has 2 amide bonds. The third-order valence-electron chi connectivity index (χ3n) is 5.92. The number of rotatable bonds is 5. The van der Waals surface area contributed by atoms with E-state index in [1.807, 2.05) is 12.1 Å². The number of alkyl halides is 3. The summed E-state index contributed by atoms with van der Waals surface area (Å²) < 4.78 is 39.4. The number of nitrogens with two attached hydrogens (primary N) is 1. The van der Waals surface area contributed by atoms with Crippen LogP contribution in [-0.2, 0) is 12.6 Å². The molecule has 1 aromatic heterocycles. The summed E-state index contributed by atoms with van der Waals surface area (Å²) >= 11 is 0. The first-order valence-corrected chi connectivity index (χ1v) is 11.7. The number of carboxylic acid groups (broad SMARTS) is 1. The Morgan fingerprint density at radius 1 is 0.974 bits per heavy atom. The van der Waals surface area contributed by atoms with E-state index < -0.39 is 29.2 Å². The van der Waals surface area contributed by atoms with Crippen LogP contribution in [0.4, 0.5) is 18.9 Å². The number of halogens is 3. The van der Waals surface area contributed by atoms with Gasteiger partial charge in [0.1, 0.15) is 0 Å². The lowest BCUT2D eigenvalue weighted by Crippen LogP contribution is -2.49. The summed E-state index contributed by atoms with van der Waals surface area (Å²) in [7, 11) is 0. The van der Waals surface area contributed by atoms with Gasteiger partial charge in [0.15, 0.2) is 5.69 Å². The maximum Gasteiger partial charge on any atom is 0.417 e. The molecule has 2 aromatic carbocycles. The number of aromatic nitrogens is 2. The minimum absolute atomic E-state index is 0.159. The Kier molecular flexibility index (Phi) is 9.00. The number of carbonyl (C=O) groups excluding carboxylic acids is 2. The number of carboxylic acids is 1. The number of aromatic carboxylic acids is 1. The minimum atomic E-state index is -4.62. The van der Waals surface area contributed by atoms with Crippen LogP contribution in [0.15, 0.2) is 60.8 Å². The molecule has 1 aliphatic rings. The fraction of sp³-hybridized carbons (Fsp3) is 0.269. The molecule has 0 unspecified atom stereocenters. The third-order valence-corrected chi connectivity index (χ3v) is 5.92. The van der Waals surface area contributed by atoms with Crippen molar-refractivity contribution < 1.29 is 32.7 Å². The van der Waals surface area contributed by atoms with Gasteiger partial charge in [-0.1, -0.05) is 31.2 Å². The molecule has 1 saturated heterocycles. The van der Waals surface area contributed by atoms with Crippen molar-refractivity contribution in [3.05, 3.63) is 88.7 Å². The first kappa shape index (κ1) is 28.1. The van der Waals surface area contributed by atoms with Crippen molar-refractivity contribution in [2.45, 2.75) is 19.5 Å². The lowest BCUT2D eigenvalue weighted by Gasteiger charge is -2.36. The van der Waals surface area contributed by atoms with E-state index in [9.17, 15) is 32.7 Å². The molecule has 0 saturated carbocycles. The number of anilines is 1. The Morgan fingerprint density at radius 3 is 2.16 bits per heavy atom. The van der Waals surface area contributed by atoms with E-state index in [1.54, 1.807) is 17.0 Å². The summed E-state index contributed by atoms with van der Waals surface area (Å²) in [6, 6.07) is 13.5. The van der Waals surface area contributed by atoms with Crippen molar-refractivity contribution >= 4 is 23.5 Å². The summed E-state index contributed by atoms with van der Waals surface area (Å²) in [4.78, 5) is 37.5. The number of benzene rings is 2. The molecule has 3 N–H and O–H groups in total. The molecule has 9 nitrogen and oxygen atoms in total. The van der Waals surface area contributed by atoms with Crippen molar-refractivity contribution in [3.8, 4) is 0 Å². The molecule has 2 heterocycles. The SMILES string of the molecule is CCc1ccc(C(N)=O)cc1.O=C(O)c1nnccc1N1CCN(C(=O)c2ccccc2C(F)(F)F)CC1. The fourth-order valence-electron chi connectivity index (χ4n) is 3.87. The number of carbonyl (C=O) groups is 3. The van der Waals surface area contributed by atoms with Gasteiger partial charge >= 0.3 is 12.1 Å². The average Bonchev–Trinajstić information content (AvgIpc) is 2.92. The van der Waals surface area contributed by atoms with Gasteiger partial charge in [-0.25, -0.2) is 4.79 Å². The van der Waals surface area contributed by atoms with Crippen molar-refractivity contribution in [1.82, 2.24) is 15.1 Å². The van der Waals surface area contributed by atoms with Crippen molar-refractivity contribution in [2.75, 3.05) is 31.1 Å². The Balaban J connectivity index is 0.000000304. The van der Waals surface area contributed by atoms with Crippen LogP contribution in [0.5, 0.6) is 0 Å². The second-order valence-electron chi connectivity index (χ2n) is 8.31. The standard InChI is InChI=1S/C17H15F3N4O3.C9H11NO/c18-17(19,20)12-4-2-1-3-11(12)15(25)24-9-7-23(8-10-24)13-5-6-21-22-14(13)16(26)27;1-2-7-3-5-8(6-4-7)9(10)11/h1-6H,7-10H2,(H,26,27);3-6H,2H2,1H3,(H2,10,11). The molecule has 1 fully saturated rings. The van der Waals surface area contributed by atoms with E-state index in [2.05, 4.69) is 17.1 Å². The fourth-order valence-corrected chi connectivity index (χ4v) is 3.87. The van der Waals surface area contributed by atoms with Crippen LogP contribution in [0, 0.1) is 0 Å². The molecule has 0 bridgehead atoms. The van der Waals surface area contributed by atoms with Gasteiger partial charge in [-0.3, -0.25) is 9.59 Å². The van der Waals surface area contributed by atoms with Gasteiger partial charge in [-0.15, -0.1) is 5.10 Å². The Morgan fingerprint density at radius 2 is 1.61 bits per heavy atom.